The second-order valence-electron chi connectivity index (χ2n) is 4.68. The molecule has 21 heavy (non-hydrogen) atoms. The summed E-state index contributed by atoms with van der Waals surface area (Å²) in [6, 6.07) is 4.56. The zero-order valence-electron chi connectivity index (χ0n) is 12.5. The molecule has 6 heteroatoms. The summed E-state index contributed by atoms with van der Waals surface area (Å²) in [5.41, 5.74) is 0.763. The van der Waals surface area contributed by atoms with E-state index in [0.717, 1.165) is 5.56 Å². The fourth-order valence-corrected chi connectivity index (χ4v) is 2.41. The number of hydrogen-bond acceptors (Lipinski definition) is 2. The normalized spacial score (nSPS) is 11.9. The topological polar surface area (TPSA) is 49.4 Å². The van der Waals surface area contributed by atoms with E-state index < -0.39 is 6.04 Å². The molecule has 0 fully saturated rings. The highest BCUT2D eigenvalue weighted by atomic mass is 35.5. The zero-order valence-corrected chi connectivity index (χ0v) is 14.0. The van der Waals surface area contributed by atoms with Crippen LogP contribution >= 0.6 is 23.2 Å². The lowest BCUT2D eigenvalue weighted by Gasteiger charge is -2.28. The van der Waals surface area contributed by atoms with Crippen molar-refractivity contribution in [2.24, 2.45) is 0 Å². The van der Waals surface area contributed by atoms with Gasteiger partial charge in [-0.25, -0.2) is 0 Å². The van der Waals surface area contributed by atoms with Gasteiger partial charge in [-0.2, -0.15) is 0 Å². The molecule has 0 aliphatic heterocycles. The van der Waals surface area contributed by atoms with Crippen LogP contribution in [0.4, 0.5) is 0 Å². The van der Waals surface area contributed by atoms with E-state index in [1.165, 1.54) is 4.90 Å². The van der Waals surface area contributed by atoms with Gasteiger partial charge in [0.25, 0.3) is 0 Å². The van der Waals surface area contributed by atoms with Gasteiger partial charge in [0.1, 0.15) is 6.04 Å². The van der Waals surface area contributed by atoms with Gasteiger partial charge in [0.15, 0.2) is 0 Å². The number of benzene rings is 1. The second kappa shape index (κ2) is 8.25. The van der Waals surface area contributed by atoms with Crippen LogP contribution in [0.15, 0.2) is 18.2 Å². The van der Waals surface area contributed by atoms with E-state index in [2.05, 4.69) is 5.32 Å². The molecule has 116 valence electrons. The maximum atomic E-state index is 12.1. The Morgan fingerprint density at radius 3 is 2.48 bits per heavy atom. The number of likely N-dealkylation sites (N-methyl/N-ethyl adjacent to an activating group) is 1. The lowest BCUT2D eigenvalue weighted by atomic mass is 10.1. The van der Waals surface area contributed by atoms with Crippen LogP contribution in [0.1, 0.15) is 32.8 Å². The highest BCUT2D eigenvalue weighted by Crippen LogP contribution is 2.23. The van der Waals surface area contributed by atoms with Crippen molar-refractivity contribution in [3.8, 4) is 0 Å². The maximum Gasteiger partial charge on any atom is 0.242 e. The predicted molar refractivity (Wildman–Crippen MR) is 85.4 cm³/mol. The molecule has 0 heterocycles. The molecular formula is C15H20Cl2N2O2. The monoisotopic (exact) mass is 330 g/mol. The molecular weight excluding hydrogens is 311 g/mol. The number of halogens is 2. The number of nitrogens with one attached hydrogen (secondary N) is 1. The first-order valence-corrected chi connectivity index (χ1v) is 7.67. The van der Waals surface area contributed by atoms with E-state index in [1.807, 2.05) is 6.92 Å². The molecule has 0 bridgehead atoms. The van der Waals surface area contributed by atoms with Crippen molar-refractivity contribution in [3.05, 3.63) is 33.8 Å². The van der Waals surface area contributed by atoms with Crippen LogP contribution in [0, 0.1) is 0 Å². The molecule has 0 radical (unpaired) electrons. The van der Waals surface area contributed by atoms with E-state index in [-0.39, 0.29) is 18.4 Å². The fourth-order valence-electron chi connectivity index (χ4n) is 1.94. The van der Waals surface area contributed by atoms with Crippen molar-refractivity contribution in [2.75, 3.05) is 6.54 Å². The van der Waals surface area contributed by atoms with Gasteiger partial charge in [-0.15, -0.1) is 0 Å². The summed E-state index contributed by atoms with van der Waals surface area (Å²) < 4.78 is 0. The van der Waals surface area contributed by atoms with Gasteiger partial charge in [0, 0.05) is 29.6 Å². The Labute approximate surface area is 135 Å². The molecule has 1 aromatic rings. The van der Waals surface area contributed by atoms with Gasteiger partial charge in [0.2, 0.25) is 11.8 Å². The molecule has 2 amide bonds. The number of carbonyl (C=O) groups is 2. The van der Waals surface area contributed by atoms with Gasteiger partial charge >= 0.3 is 0 Å². The largest absolute Gasteiger partial charge is 0.355 e. The Hall–Kier alpha value is -1.26. The van der Waals surface area contributed by atoms with Crippen molar-refractivity contribution < 1.29 is 9.59 Å². The summed E-state index contributed by atoms with van der Waals surface area (Å²) in [5.74, 6) is -0.274. The van der Waals surface area contributed by atoms with Crippen LogP contribution < -0.4 is 5.32 Å². The van der Waals surface area contributed by atoms with Crippen LogP contribution in [0.5, 0.6) is 0 Å². The lowest BCUT2D eigenvalue weighted by molar-refractivity contribution is -0.140. The predicted octanol–water partition coefficient (Wildman–Crippen LogP) is 3.26. The third-order valence-electron chi connectivity index (χ3n) is 3.18. The van der Waals surface area contributed by atoms with Gasteiger partial charge in [-0.3, -0.25) is 9.59 Å². The molecule has 1 atom stereocenters. The highest BCUT2D eigenvalue weighted by molar-refractivity contribution is 6.35. The number of rotatable bonds is 6. The van der Waals surface area contributed by atoms with E-state index >= 15 is 0 Å². The molecule has 0 aromatic heterocycles. The summed E-state index contributed by atoms with van der Waals surface area (Å²) in [4.78, 5) is 25.6. The minimum absolute atomic E-state index is 0.0974. The molecule has 1 aromatic carbocycles. The average molecular weight is 331 g/mol. The van der Waals surface area contributed by atoms with Crippen molar-refractivity contribution in [1.82, 2.24) is 10.2 Å². The van der Waals surface area contributed by atoms with Crippen LogP contribution in [0.3, 0.4) is 0 Å². The van der Waals surface area contributed by atoms with Crippen molar-refractivity contribution in [3.63, 3.8) is 0 Å². The summed E-state index contributed by atoms with van der Waals surface area (Å²) in [7, 11) is 0. The summed E-state index contributed by atoms with van der Waals surface area (Å²) in [6.45, 7) is 6.12. The Balaban J connectivity index is 2.98. The molecule has 0 saturated heterocycles. The molecule has 0 saturated carbocycles. The summed E-state index contributed by atoms with van der Waals surface area (Å²) in [6.07, 6.45) is 0.328. The quantitative estimate of drug-likeness (QED) is 0.870. The molecule has 0 aliphatic rings. The minimum Gasteiger partial charge on any atom is -0.355 e. The fraction of sp³-hybridized carbons (Fsp3) is 0.467. The first-order valence-electron chi connectivity index (χ1n) is 6.91. The van der Waals surface area contributed by atoms with E-state index in [0.29, 0.717) is 23.0 Å². The second-order valence-corrected chi connectivity index (χ2v) is 5.53. The van der Waals surface area contributed by atoms with Gasteiger partial charge in [-0.1, -0.05) is 36.2 Å². The first-order chi connectivity index (χ1) is 9.90. The highest BCUT2D eigenvalue weighted by Gasteiger charge is 2.25. The Morgan fingerprint density at radius 2 is 1.95 bits per heavy atom. The Kier molecular flexibility index (Phi) is 6.99. The van der Waals surface area contributed by atoms with E-state index in [9.17, 15) is 9.59 Å². The molecule has 0 aliphatic carbocycles. The summed E-state index contributed by atoms with van der Waals surface area (Å²) >= 11 is 12.0. The number of nitrogens with zero attached hydrogens (tertiary/aromatic N) is 1. The van der Waals surface area contributed by atoms with Crippen LogP contribution in [0.2, 0.25) is 10.0 Å². The SMILES string of the molecule is CCNC(=O)C(C)N(Cc1ccc(Cl)cc1Cl)C(=O)CC. The number of hydrogen-bond donors (Lipinski definition) is 1. The van der Waals surface area contributed by atoms with E-state index in [4.69, 9.17) is 23.2 Å². The first kappa shape index (κ1) is 17.8. The van der Waals surface area contributed by atoms with Crippen LogP contribution in [-0.4, -0.2) is 29.3 Å². The van der Waals surface area contributed by atoms with Gasteiger partial charge in [0.05, 0.1) is 0 Å². The Bertz CT molecular complexity index is 520. The third-order valence-corrected chi connectivity index (χ3v) is 3.76. The van der Waals surface area contributed by atoms with Gasteiger partial charge in [-0.05, 0) is 31.5 Å². The average Bonchev–Trinajstić information content (AvgIpc) is 2.45. The Morgan fingerprint density at radius 1 is 1.29 bits per heavy atom. The standard InChI is InChI=1S/C15H20Cl2N2O2/c1-4-14(20)19(10(3)15(21)18-5-2)9-11-6-7-12(16)8-13(11)17/h6-8,10H,4-5,9H2,1-3H3,(H,18,21). The van der Waals surface area contributed by atoms with Crippen LogP contribution in [0.25, 0.3) is 0 Å². The lowest BCUT2D eigenvalue weighted by Crippen LogP contribution is -2.47. The summed E-state index contributed by atoms with van der Waals surface area (Å²) in [5, 5.41) is 3.75. The number of carbonyl (C=O) groups excluding carboxylic acids is 2. The van der Waals surface area contributed by atoms with Crippen molar-refractivity contribution >= 4 is 35.0 Å². The smallest absolute Gasteiger partial charge is 0.242 e. The van der Waals surface area contributed by atoms with E-state index in [1.54, 1.807) is 32.0 Å². The molecule has 1 N–H and O–H groups in total. The molecule has 4 nitrogen and oxygen atoms in total. The van der Waals surface area contributed by atoms with Crippen molar-refractivity contribution in [1.29, 1.82) is 0 Å². The molecule has 0 spiro atoms. The number of amides is 2. The van der Waals surface area contributed by atoms with Gasteiger partial charge < -0.3 is 10.2 Å². The zero-order chi connectivity index (χ0) is 16.0. The third kappa shape index (κ3) is 4.90. The minimum atomic E-state index is -0.552. The van der Waals surface area contributed by atoms with Crippen LogP contribution in [-0.2, 0) is 16.1 Å². The maximum absolute atomic E-state index is 12.1. The van der Waals surface area contributed by atoms with Crippen molar-refractivity contribution in [2.45, 2.75) is 39.8 Å². The molecule has 1 unspecified atom stereocenters. The molecule has 1 rings (SSSR count).